The number of nitro groups is 1. The number of nitrogens with zero attached hydrogens (tertiary/aromatic N) is 3. The molecular weight excluding hydrogens is 342 g/mol. The molecule has 1 amide bonds. The zero-order valence-electron chi connectivity index (χ0n) is 15.4. The quantitative estimate of drug-likeness (QED) is 0.463. The van der Waals surface area contributed by atoms with E-state index in [0.29, 0.717) is 18.7 Å². The predicted octanol–water partition coefficient (Wildman–Crippen LogP) is 3.26. The molecule has 0 bridgehead atoms. The molecule has 0 atom stereocenters. The molecule has 0 saturated carbocycles. The van der Waals surface area contributed by atoms with Crippen molar-refractivity contribution in [1.82, 2.24) is 9.80 Å². The first kappa shape index (κ1) is 18.8. The van der Waals surface area contributed by atoms with Gasteiger partial charge in [0.25, 0.3) is 5.69 Å². The fourth-order valence-electron chi connectivity index (χ4n) is 3.09. The summed E-state index contributed by atoms with van der Waals surface area (Å²) in [5.41, 5.74) is 3.21. The maximum atomic E-state index is 12.4. The molecule has 1 heterocycles. The summed E-state index contributed by atoms with van der Waals surface area (Å²) in [5, 5.41) is 10.8. The molecule has 0 N–H and O–H groups in total. The molecule has 3 rings (SSSR count). The van der Waals surface area contributed by atoms with Crippen LogP contribution < -0.4 is 0 Å². The lowest BCUT2D eigenvalue weighted by molar-refractivity contribution is -0.384. The summed E-state index contributed by atoms with van der Waals surface area (Å²) in [6.07, 6.45) is 3.13. The second-order valence-electron chi connectivity index (χ2n) is 6.77. The van der Waals surface area contributed by atoms with Crippen LogP contribution in [0.1, 0.15) is 16.7 Å². The monoisotopic (exact) mass is 365 g/mol. The van der Waals surface area contributed by atoms with Gasteiger partial charge in [-0.15, -0.1) is 0 Å². The van der Waals surface area contributed by atoms with Crippen LogP contribution in [0.15, 0.2) is 54.6 Å². The molecule has 0 aromatic heterocycles. The molecule has 1 saturated heterocycles. The molecule has 0 aliphatic carbocycles. The first-order chi connectivity index (χ1) is 13.0. The second kappa shape index (κ2) is 8.60. The lowest BCUT2D eigenvalue weighted by Crippen LogP contribution is -2.47. The van der Waals surface area contributed by atoms with Crippen molar-refractivity contribution in [3.8, 4) is 0 Å². The standard InChI is InChI=1S/C21H23N3O3/c1-17-5-7-19(8-6-17)16-22-11-13-23(14-12-22)21(25)10-9-18-3-2-4-20(15-18)24(26)27/h2-10,15H,11-14,16H2,1H3/b10-9+. The lowest BCUT2D eigenvalue weighted by Gasteiger charge is -2.34. The number of piperazine rings is 1. The van der Waals surface area contributed by atoms with Gasteiger partial charge in [-0.05, 0) is 24.1 Å². The predicted molar refractivity (Wildman–Crippen MR) is 105 cm³/mol. The topological polar surface area (TPSA) is 66.7 Å². The Kier molecular flexibility index (Phi) is 5.98. The van der Waals surface area contributed by atoms with Gasteiger partial charge in [0.15, 0.2) is 0 Å². The highest BCUT2D eigenvalue weighted by Crippen LogP contribution is 2.15. The van der Waals surface area contributed by atoms with Gasteiger partial charge in [0.1, 0.15) is 0 Å². The fraction of sp³-hybridized carbons (Fsp3) is 0.286. The van der Waals surface area contributed by atoms with E-state index in [0.717, 1.165) is 19.6 Å². The molecule has 0 radical (unpaired) electrons. The van der Waals surface area contributed by atoms with Gasteiger partial charge >= 0.3 is 0 Å². The highest BCUT2D eigenvalue weighted by atomic mass is 16.6. The minimum absolute atomic E-state index is 0.0225. The zero-order chi connectivity index (χ0) is 19.2. The Bertz CT molecular complexity index is 838. The van der Waals surface area contributed by atoms with Gasteiger partial charge in [-0.2, -0.15) is 0 Å². The molecule has 0 unspecified atom stereocenters. The zero-order valence-corrected chi connectivity index (χ0v) is 15.4. The normalized spacial score (nSPS) is 15.2. The van der Waals surface area contributed by atoms with Crippen LogP contribution in [0.3, 0.4) is 0 Å². The van der Waals surface area contributed by atoms with Crippen LogP contribution in [0.2, 0.25) is 0 Å². The minimum atomic E-state index is -0.438. The van der Waals surface area contributed by atoms with Crippen molar-refractivity contribution < 1.29 is 9.72 Å². The number of benzene rings is 2. The Morgan fingerprint density at radius 3 is 2.48 bits per heavy atom. The van der Waals surface area contributed by atoms with E-state index in [9.17, 15) is 14.9 Å². The largest absolute Gasteiger partial charge is 0.337 e. The number of rotatable bonds is 5. The summed E-state index contributed by atoms with van der Waals surface area (Å²) in [6, 6.07) is 14.8. The molecular formula is C21H23N3O3. The highest BCUT2D eigenvalue weighted by molar-refractivity contribution is 5.91. The number of amides is 1. The molecule has 6 nitrogen and oxygen atoms in total. The minimum Gasteiger partial charge on any atom is -0.337 e. The highest BCUT2D eigenvalue weighted by Gasteiger charge is 2.19. The van der Waals surface area contributed by atoms with Crippen molar-refractivity contribution in [2.45, 2.75) is 13.5 Å². The van der Waals surface area contributed by atoms with Gasteiger partial charge in [-0.25, -0.2) is 0 Å². The summed E-state index contributed by atoms with van der Waals surface area (Å²) >= 11 is 0. The van der Waals surface area contributed by atoms with Crippen LogP contribution in [-0.4, -0.2) is 46.8 Å². The van der Waals surface area contributed by atoms with Crippen molar-refractivity contribution in [2.75, 3.05) is 26.2 Å². The molecule has 2 aromatic rings. The van der Waals surface area contributed by atoms with Crippen molar-refractivity contribution >= 4 is 17.7 Å². The van der Waals surface area contributed by atoms with E-state index in [1.165, 1.54) is 29.3 Å². The van der Waals surface area contributed by atoms with Crippen molar-refractivity contribution in [2.24, 2.45) is 0 Å². The molecule has 140 valence electrons. The Labute approximate surface area is 158 Å². The van der Waals surface area contributed by atoms with E-state index in [1.807, 2.05) is 4.90 Å². The molecule has 1 fully saturated rings. The van der Waals surface area contributed by atoms with Crippen LogP contribution in [0.4, 0.5) is 5.69 Å². The van der Waals surface area contributed by atoms with Crippen LogP contribution >= 0.6 is 0 Å². The number of hydrogen-bond acceptors (Lipinski definition) is 4. The number of hydrogen-bond donors (Lipinski definition) is 0. The van der Waals surface area contributed by atoms with Gasteiger partial charge in [0.2, 0.25) is 5.91 Å². The average Bonchev–Trinajstić information content (AvgIpc) is 2.68. The Balaban J connectivity index is 1.51. The summed E-state index contributed by atoms with van der Waals surface area (Å²) < 4.78 is 0. The number of aryl methyl sites for hydroxylation is 1. The van der Waals surface area contributed by atoms with Crippen molar-refractivity contribution in [1.29, 1.82) is 0 Å². The van der Waals surface area contributed by atoms with Crippen molar-refractivity contribution in [3.05, 3.63) is 81.4 Å². The van der Waals surface area contributed by atoms with E-state index >= 15 is 0 Å². The fourth-order valence-corrected chi connectivity index (χ4v) is 3.09. The van der Waals surface area contributed by atoms with Gasteiger partial charge in [0, 0.05) is 50.9 Å². The van der Waals surface area contributed by atoms with Crippen molar-refractivity contribution in [3.63, 3.8) is 0 Å². The van der Waals surface area contributed by atoms with E-state index in [-0.39, 0.29) is 11.6 Å². The molecule has 27 heavy (non-hydrogen) atoms. The SMILES string of the molecule is Cc1ccc(CN2CCN(C(=O)/C=C/c3cccc([N+](=O)[O-])c3)CC2)cc1. The van der Waals surface area contributed by atoms with E-state index in [2.05, 4.69) is 36.1 Å². The first-order valence-electron chi connectivity index (χ1n) is 9.00. The lowest BCUT2D eigenvalue weighted by atomic mass is 10.1. The van der Waals surface area contributed by atoms with E-state index < -0.39 is 4.92 Å². The van der Waals surface area contributed by atoms with Crippen LogP contribution in [0.25, 0.3) is 6.08 Å². The molecule has 6 heteroatoms. The third kappa shape index (κ3) is 5.24. The summed E-state index contributed by atoms with van der Waals surface area (Å²) in [7, 11) is 0. The molecule has 2 aromatic carbocycles. The maximum Gasteiger partial charge on any atom is 0.270 e. The van der Waals surface area contributed by atoms with E-state index in [1.54, 1.807) is 18.2 Å². The van der Waals surface area contributed by atoms with Crippen LogP contribution in [0, 0.1) is 17.0 Å². The maximum absolute atomic E-state index is 12.4. The number of carbonyl (C=O) groups is 1. The second-order valence-corrected chi connectivity index (χ2v) is 6.77. The van der Waals surface area contributed by atoms with Gasteiger partial charge in [-0.3, -0.25) is 19.8 Å². The van der Waals surface area contributed by atoms with Gasteiger partial charge in [-0.1, -0.05) is 42.0 Å². The average molecular weight is 365 g/mol. The summed E-state index contributed by atoms with van der Waals surface area (Å²) in [5.74, 6) is -0.0588. The van der Waals surface area contributed by atoms with E-state index in [4.69, 9.17) is 0 Å². The Morgan fingerprint density at radius 1 is 1.11 bits per heavy atom. The Hall–Kier alpha value is -2.99. The van der Waals surface area contributed by atoms with Crippen LogP contribution in [0.5, 0.6) is 0 Å². The third-order valence-corrected chi connectivity index (χ3v) is 4.71. The Morgan fingerprint density at radius 2 is 1.81 bits per heavy atom. The summed E-state index contributed by atoms with van der Waals surface area (Å²) in [4.78, 5) is 26.9. The first-order valence-corrected chi connectivity index (χ1v) is 9.00. The summed E-state index contributed by atoms with van der Waals surface area (Å²) in [6.45, 7) is 6.02. The number of nitro benzene ring substituents is 1. The molecule has 1 aliphatic rings. The number of carbonyl (C=O) groups excluding carboxylic acids is 1. The van der Waals surface area contributed by atoms with Gasteiger partial charge < -0.3 is 4.90 Å². The number of non-ortho nitro benzene ring substituents is 1. The molecule has 1 aliphatic heterocycles. The third-order valence-electron chi connectivity index (χ3n) is 4.71. The van der Waals surface area contributed by atoms with Gasteiger partial charge in [0.05, 0.1) is 4.92 Å². The molecule has 0 spiro atoms. The van der Waals surface area contributed by atoms with Crippen LogP contribution in [-0.2, 0) is 11.3 Å². The smallest absolute Gasteiger partial charge is 0.270 e.